The van der Waals surface area contributed by atoms with Crippen molar-refractivity contribution in [2.75, 3.05) is 33.4 Å². The zero-order valence-electron chi connectivity index (χ0n) is 13.7. The molecule has 22 heavy (non-hydrogen) atoms. The molecule has 0 radical (unpaired) electrons. The lowest BCUT2D eigenvalue weighted by Gasteiger charge is -2.38. The van der Waals surface area contributed by atoms with Gasteiger partial charge < -0.3 is 14.2 Å². The van der Waals surface area contributed by atoms with Gasteiger partial charge in [0.25, 0.3) is 0 Å². The van der Waals surface area contributed by atoms with Crippen LogP contribution in [0.2, 0.25) is 0 Å². The average molecular weight is 305 g/mol. The van der Waals surface area contributed by atoms with Crippen molar-refractivity contribution >= 4 is 0 Å². The van der Waals surface area contributed by atoms with Gasteiger partial charge >= 0.3 is 0 Å². The average Bonchev–Trinajstić information content (AvgIpc) is 2.94. The molecule has 2 aliphatic heterocycles. The molecular weight excluding hydrogens is 278 g/mol. The van der Waals surface area contributed by atoms with E-state index in [4.69, 9.17) is 14.2 Å². The number of hydrogen-bond donors (Lipinski definition) is 0. The van der Waals surface area contributed by atoms with Crippen LogP contribution in [0.3, 0.4) is 0 Å². The monoisotopic (exact) mass is 305 g/mol. The summed E-state index contributed by atoms with van der Waals surface area (Å²) in [5.41, 5.74) is 1.42. The van der Waals surface area contributed by atoms with Gasteiger partial charge in [-0.2, -0.15) is 0 Å². The molecule has 2 fully saturated rings. The lowest BCUT2D eigenvalue weighted by molar-refractivity contribution is -0.0464. The van der Waals surface area contributed by atoms with E-state index in [9.17, 15) is 0 Å². The predicted octanol–water partition coefficient (Wildman–Crippen LogP) is 2.86. The van der Waals surface area contributed by atoms with E-state index in [0.717, 1.165) is 57.9 Å². The number of likely N-dealkylation sites (tertiary alicyclic amines) is 1. The van der Waals surface area contributed by atoms with Crippen molar-refractivity contribution in [1.29, 1.82) is 0 Å². The first-order chi connectivity index (χ1) is 10.7. The molecule has 0 aromatic heterocycles. The zero-order chi connectivity index (χ0) is 15.4. The summed E-state index contributed by atoms with van der Waals surface area (Å²) in [5, 5.41) is 0. The molecule has 122 valence electrons. The van der Waals surface area contributed by atoms with Crippen LogP contribution in [-0.2, 0) is 16.0 Å². The Kier molecular flexibility index (Phi) is 5.01. The van der Waals surface area contributed by atoms with E-state index < -0.39 is 0 Å². The molecule has 0 saturated carbocycles. The van der Waals surface area contributed by atoms with Gasteiger partial charge in [0.2, 0.25) is 0 Å². The van der Waals surface area contributed by atoms with E-state index in [1.54, 1.807) is 7.11 Å². The first-order valence-electron chi connectivity index (χ1n) is 8.34. The van der Waals surface area contributed by atoms with Crippen LogP contribution in [0.25, 0.3) is 0 Å². The van der Waals surface area contributed by atoms with Crippen molar-refractivity contribution < 1.29 is 14.2 Å². The maximum Gasteiger partial charge on any atom is 0.118 e. The summed E-state index contributed by atoms with van der Waals surface area (Å²) in [6.45, 7) is 6.83. The lowest BCUT2D eigenvalue weighted by atomic mass is 9.88. The molecule has 0 unspecified atom stereocenters. The van der Waals surface area contributed by atoms with Crippen LogP contribution in [0.4, 0.5) is 0 Å². The molecule has 1 aromatic carbocycles. The van der Waals surface area contributed by atoms with Gasteiger partial charge in [-0.25, -0.2) is 0 Å². The van der Waals surface area contributed by atoms with Gasteiger partial charge in [0, 0.05) is 32.7 Å². The van der Waals surface area contributed by atoms with E-state index in [-0.39, 0.29) is 5.60 Å². The third-order valence-corrected chi connectivity index (χ3v) is 4.91. The van der Waals surface area contributed by atoms with E-state index in [1.165, 1.54) is 5.56 Å². The Morgan fingerprint density at radius 3 is 2.59 bits per heavy atom. The van der Waals surface area contributed by atoms with E-state index >= 15 is 0 Å². The van der Waals surface area contributed by atoms with Gasteiger partial charge in [0.1, 0.15) is 5.75 Å². The maximum atomic E-state index is 6.11. The minimum absolute atomic E-state index is 0.0796. The van der Waals surface area contributed by atoms with Crippen molar-refractivity contribution in [1.82, 2.24) is 4.90 Å². The fourth-order valence-electron chi connectivity index (χ4n) is 3.60. The molecule has 0 aliphatic carbocycles. The van der Waals surface area contributed by atoms with Gasteiger partial charge in [0.15, 0.2) is 0 Å². The Morgan fingerprint density at radius 1 is 1.23 bits per heavy atom. The Balaban J connectivity index is 1.49. The highest BCUT2D eigenvalue weighted by Crippen LogP contribution is 2.37. The summed E-state index contributed by atoms with van der Waals surface area (Å²) in [4.78, 5) is 2.52. The highest BCUT2D eigenvalue weighted by atomic mass is 16.6. The number of benzene rings is 1. The van der Waals surface area contributed by atoms with Crippen molar-refractivity contribution in [3.05, 3.63) is 29.8 Å². The fraction of sp³-hybridized carbons (Fsp3) is 0.667. The van der Waals surface area contributed by atoms with E-state index in [0.29, 0.717) is 6.10 Å². The first-order valence-corrected chi connectivity index (χ1v) is 8.34. The molecule has 2 aliphatic rings. The SMILES string of the molecule is CCO[C@H]1COC2(CCN(Cc3ccc(OC)cc3)CC2)C1. The van der Waals surface area contributed by atoms with Gasteiger partial charge in [-0.15, -0.1) is 0 Å². The second kappa shape index (κ2) is 6.99. The van der Waals surface area contributed by atoms with Crippen LogP contribution >= 0.6 is 0 Å². The van der Waals surface area contributed by atoms with Gasteiger partial charge in [-0.3, -0.25) is 4.90 Å². The summed E-state index contributed by atoms with van der Waals surface area (Å²) in [5.74, 6) is 0.919. The molecule has 4 heteroatoms. The quantitative estimate of drug-likeness (QED) is 0.837. The zero-order valence-corrected chi connectivity index (χ0v) is 13.7. The third kappa shape index (κ3) is 3.62. The Hall–Kier alpha value is -1.10. The summed E-state index contributed by atoms with van der Waals surface area (Å²) >= 11 is 0. The van der Waals surface area contributed by atoms with Crippen molar-refractivity contribution in [3.8, 4) is 5.75 Å². The molecule has 1 atom stereocenters. The fourth-order valence-corrected chi connectivity index (χ4v) is 3.60. The van der Waals surface area contributed by atoms with E-state index in [1.807, 2.05) is 12.1 Å². The van der Waals surface area contributed by atoms with Gasteiger partial charge in [-0.05, 0) is 37.5 Å². The minimum atomic E-state index is 0.0796. The number of rotatable bonds is 5. The Bertz CT molecular complexity index is 466. The van der Waals surface area contributed by atoms with Crippen LogP contribution in [0.1, 0.15) is 31.7 Å². The van der Waals surface area contributed by atoms with Crippen LogP contribution in [0, 0.1) is 0 Å². The molecule has 3 rings (SSSR count). The highest BCUT2D eigenvalue weighted by molar-refractivity contribution is 5.27. The number of ether oxygens (including phenoxy) is 3. The molecular formula is C18H27NO3. The molecule has 1 spiro atoms. The topological polar surface area (TPSA) is 30.9 Å². The summed E-state index contributed by atoms with van der Waals surface area (Å²) in [7, 11) is 1.70. The second-order valence-electron chi connectivity index (χ2n) is 6.40. The summed E-state index contributed by atoms with van der Waals surface area (Å²) in [6, 6.07) is 8.38. The smallest absolute Gasteiger partial charge is 0.118 e. The molecule has 4 nitrogen and oxygen atoms in total. The van der Waals surface area contributed by atoms with Crippen molar-refractivity contribution in [2.45, 2.75) is 44.4 Å². The van der Waals surface area contributed by atoms with Gasteiger partial charge in [-0.1, -0.05) is 12.1 Å². The molecule has 2 saturated heterocycles. The van der Waals surface area contributed by atoms with Crippen LogP contribution in [0.15, 0.2) is 24.3 Å². The minimum Gasteiger partial charge on any atom is -0.497 e. The van der Waals surface area contributed by atoms with Gasteiger partial charge in [0.05, 0.1) is 25.4 Å². The van der Waals surface area contributed by atoms with E-state index in [2.05, 4.69) is 24.0 Å². The number of piperidine rings is 1. The molecule has 2 heterocycles. The molecule has 0 bridgehead atoms. The second-order valence-corrected chi connectivity index (χ2v) is 6.40. The normalized spacial score (nSPS) is 24.7. The number of nitrogens with zero attached hydrogens (tertiary/aromatic N) is 1. The summed E-state index contributed by atoms with van der Waals surface area (Å²) < 4.78 is 17.0. The van der Waals surface area contributed by atoms with Crippen LogP contribution in [0.5, 0.6) is 5.75 Å². The number of hydrogen-bond acceptors (Lipinski definition) is 4. The van der Waals surface area contributed by atoms with Crippen molar-refractivity contribution in [3.63, 3.8) is 0 Å². The molecule has 0 amide bonds. The molecule has 0 N–H and O–H groups in total. The van der Waals surface area contributed by atoms with Crippen LogP contribution in [-0.4, -0.2) is 50.0 Å². The number of methoxy groups -OCH3 is 1. The lowest BCUT2D eigenvalue weighted by Crippen LogP contribution is -2.43. The predicted molar refractivity (Wildman–Crippen MR) is 86.2 cm³/mol. The summed E-state index contributed by atoms with van der Waals surface area (Å²) in [6.07, 6.45) is 3.61. The van der Waals surface area contributed by atoms with Crippen LogP contribution < -0.4 is 4.74 Å². The standard InChI is InChI=1S/C18H27NO3/c1-3-21-17-12-18(22-14-17)8-10-19(11-9-18)13-15-4-6-16(20-2)7-5-15/h4-7,17H,3,8-14H2,1-2H3/t17-/m1/s1. The first kappa shape index (κ1) is 15.8. The Labute approximate surface area is 133 Å². The third-order valence-electron chi connectivity index (χ3n) is 4.91. The van der Waals surface area contributed by atoms with Crippen molar-refractivity contribution in [2.24, 2.45) is 0 Å². The maximum absolute atomic E-state index is 6.11. The molecule has 1 aromatic rings. The highest BCUT2D eigenvalue weighted by Gasteiger charge is 2.42. The largest absolute Gasteiger partial charge is 0.497 e. The Morgan fingerprint density at radius 2 is 1.95 bits per heavy atom.